The standard InChI is InChI=1S/C19H28FN3O5/c1-18(2,3)27-16(24)23(17(25)28-19(4,5)6)11-13-9-8-12(10-14(13)20)15(21)22-26-7/h8-10H,11H2,1-7H3,(H2,21,22). The van der Waals surface area contributed by atoms with Crippen molar-refractivity contribution < 1.29 is 28.3 Å². The average molecular weight is 397 g/mol. The molecule has 0 aliphatic rings. The van der Waals surface area contributed by atoms with Gasteiger partial charge in [-0.3, -0.25) is 0 Å². The third kappa shape index (κ3) is 7.42. The Morgan fingerprint density at radius 1 is 1.07 bits per heavy atom. The lowest BCUT2D eigenvalue weighted by Crippen LogP contribution is -2.43. The van der Waals surface area contributed by atoms with E-state index >= 15 is 0 Å². The summed E-state index contributed by atoms with van der Waals surface area (Å²) in [6.07, 6.45) is -1.88. The van der Waals surface area contributed by atoms with Crippen molar-refractivity contribution in [2.45, 2.75) is 59.3 Å². The van der Waals surface area contributed by atoms with Gasteiger partial charge in [0.25, 0.3) is 0 Å². The second-order valence-corrected chi connectivity index (χ2v) is 8.01. The van der Waals surface area contributed by atoms with Crippen LogP contribution in [-0.4, -0.2) is 41.2 Å². The molecule has 0 aliphatic heterocycles. The summed E-state index contributed by atoms with van der Waals surface area (Å²) in [5.74, 6) is -0.687. The van der Waals surface area contributed by atoms with Crippen LogP contribution >= 0.6 is 0 Å². The van der Waals surface area contributed by atoms with Gasteiger partial charge in [-0.2, -0.15) is 0 Å². The number of carbonyl (C=O) groups excluding carboxylic acids is 2. The summed E-state index contributed by atoms with van der Waals surface area (Å²) in [5.41, 5.74) is 4.35. The van der Waals surface area contributed by atoms with Crippen LogP contribution in [0.4, 0.5) is 14.0 Å². The van der Waals surface area contributed by atoms with Crippen molar-refractivity contribution in [3.8, 4) is 0 Å². The van der Waals surface area contributed by atoms with Gasteiger partial charge in [0.05, 0.1) is 6.54 Å². The molecule has 0 saturated heterocycles. The highest BCUT2D eigenvalue weighted by Gasteiger charge is 2.31. The van der Waals surface area contributed by atoms with E-state index in [-0.39, 0.29) is 17.9 Å². The molecular formula is C19H28FN3O5. The second-order valence-electron chi connectivity index (χ2n) is 8.01. The molecule has 8 nitrogen and oxygen atoms in total. The van der Waals surface area contributed by atoms with Crippen LogP contribution in [0.2, 0.25) is 0 Å². The molecule has 0 unspecified atom stereocenters. The first-order chi connectivity index (χ1) is 12.7. The molecule has 1 rings (SSSR count). The molecule has 2 amide bonds. The molecule has 0 fully saturated rings. The zero-order valence-corrected chi connectivity index (χ0v) is 17.3. The minimum absolute atomic E-state index is 0.0101. The summed E-state index contributed by atoms with van der Waals surface area (Å²) in [6.45, 7) is 9.57. The largest absolute Gasteiger partial charge is 0.443 e. The second kappa shape index (κ2) is 8.90. The Bertz CT molecular complexity index is 723. The Kier molecular flexibility index (Phi) is 7.37. The van der Waals surface area contributed by atoms with Crippen LogP contribution in [0.15, 0.2) is 23.4 Å². The summed E-state index contributed by atoms with van der Waals surface area (Å²) in [6, 6.07) is 4.03. The van der Waals surface area contributed by atoms with E-state index in [1.54, 1.807) is 41.5 Å². The highest BCUT2D eigenvalue weighted by atomic mass is 19.1. The molecule has 0 aromatic heterocycles. The van der Waals surface area contributed by atoms with Crippen LogP contribution in [-0.2, 0) is 20.9 Å². The number of nitrogens with zero attached hydrogens (tertiary/aromatic N) is 2. The van der Waals surface area contributed by atoms with Gasteiger partial charge in [0, 0.05) is 11.1 Å². The number of amides is 2. The number of hydrogen-bond acceptors (Lipinski definition) is 6. The molecule has 2 N–H and O–H groups in total. The number of carbonyl (C=O) groups is 2. The monoisotopic (exact) mass is 397 g/mol. The van der Waals surface area contributed by atoms with Gasteiger partial charge in [0.15, 0.2) is 5.84 Å². The lowest BCUT2D eigenvalue weighted by atomic mass is 10.1. The Balaban J connectivity index is 3.17. The van der Waals surface area contributed by atoms with E-state index in [4.69, 9.17) is 15.2 Å². The molecule has 1 aromatic rings. The minimum atomic E-state index is -0.939. The molecule has 0 atom stereocenters. The third-order valence-corrected chi connectivity index (χ3v) is 3.09. The van der Waals surface area contributed by atoms with Gasteiger partial charge in [0.2, 0.25) is 0 Å². The number of rotatable bonds is 4. The highest BCUT2D eigenvalue weighted by molar-refractivity contribution is 5.97. The first kappa shape index (κ1) is 23.2. The zero-order chi connectivity index (χ0) is 21.7. The first-order valence-electron chi connectivity index (χ1n) is 8.62. The van der Waals surface area contributed by atoms with Gasteiger partial charge in [0.1, 0.15) is 24.1 Å². The van der Waals surface area contributed by atoms with Crippen LogP contribution in [0.25, 0.3) is 0 Å². The number of ether oxygens (including phenoxy) is 2. The summed E-state index contributed by atoms with van der Waals surface area (Å²) in [5, 5.41) is 3.53. The van der Waals surface area contributed by atoms with E-state index in [9.17, 15) is 14.0 Å². The molecule has 9 heteroatoms. The Morgan fingerprint density at radius 2 is 1.57 bits per heavy atom. The van der Waals surface area contributed by atoms with Crippen LogP contribution in [0.3, 0.4) is 0 Å². The van der Waals surface area contributed by atoms with E-state index in [1.807, 2.05) is 0 Å². The number of imide groups is 1. The number of amidine groups is 1. The summed E-state index contributed by atoms with van der Waals surface area (Å²) in [4.78, 5) is 30.2. The molecule has 0 saturated carbocycles. The van der Waals surface area contributed by atoms with Crippen molar-refractivity contribution in [1.29, 1.82) is 0 Å². The van der Waals surface area contributed by atoms with Crippen molar-refractivity contribution in [3.63, 3.8) is 0 Å². The van der Waals surface area contributed by atoms with E-state index in [1.165, 1.54) is 19.2 Å². The highest BCUT2D eigenvalue weighted by Crippen LogP contribution is 2.19. The minimum Gasteiger partial charge on any atom is -0.443 e. The molecule has 0 aliphatic carbocycles. The van der Waals surface area contributed by atoms with E-state index < -0.39 is 29.2 Å². The summed E-state index contributed by atoms with van der Waals surface area (Å²) >= 11 is 0. The van der Waals surface area contributed by atoms with Gasteiger partial charge in [-0.1, -0.05) is 17.3 Å². The maximum Gasteiger partial charge on any atom is 0.420 e. The molecule has 0 heterocycles. The van der Waals surface area contributed by atoms with Crippen molar-refractivity contribution in [3.05, 3.63) is 35.1 Å². The predicted molar refractivity (Wildman–Crippen MR) is 102 cm³/mol. The third-order valence-electron chi connectivity index (χ3n) is 3.09. The SMILES string of the molecule is CON=C(N)c1ccc(CN(C(=O)OC(C)(C)C)C(=O)OC(C)(C)C)c(F)c1. The van der Waals surface area contributed by atoms with E-state index in [2.05, 4.69) is 9.99 Å². The number of benzene rings is 1. The lowest BCUT2D eigenvalue weighted by Gasteiger charge is -2.28. The predicted octanol–water partition coefficient (Wildman–Crippen LogP) is 3.76. The van der Waals surface area contributed by atoms with E-state index in [0.717, 1.165) is 6.07 Å². The molecule has 1 aromatic carbocycles. The number of oxime groups is 1. The number of hydrogen-bond donors (Lipinski definition) is 1. The number of nitrogens with two attached hydrogens (primary N) is 1. The maximum absolute atomic E-state index is 14.5. The Labute approximate surface area is 164 Å². The fourth-order valence-corrected chi connectivity index (χ4v) is 1.99. The fraction of sp³-hybridized carbons (Fsp3) is 0.526. The smallest absolute Gasteiger partial charge is 0.420 e. The van der Waals surface area contributed by atoms with Crippen molar-refractivity contribution >= 4 is 18.0 Å². The van der Waals surface area contributed by atoms with Crippen molar-refractivity contribution in [1.82, 2.24) is 4.90 Å². The average Bonchev–Trinajstić information content (AvgIpc) is 2.50. The maximum atomic E-state index is 14.5. The summed E-state index contributed by atoms with van der Waals surface area (Å²) in [7, 11) is 1.32. The van der Waals surface area contributed by atoms with Gasteiger partial charge >= 0.3 is 12.2 Å². The fourth-order valence-electron chi connectivity index (χ4n) is 1.99. The molecule has 0 radical (unpaired) electrons. The van der Waals surface area contributed by atoms with Crippen LogP contribution in [0.5, 0.6) is 0 Å². The Hall–Kier alpha value is -2.84. The summed E-state index contributed by atoms with van der Waals surface area (Å²) < 4.78 is 25.0. The topological polar surface area (TPSA) is 103 Å². The van der Waals surface area contributed by atoms with Crippen LogP contribution in [0, 0.1) is 5.82 Å². The molecule has 0 spiro atoms. The molecule has 0 bridgehead atoms. The van der Waals surface area contributed by atoms with Crippen molar-refractivity contribution in [2.24, 2.45) is 10.9 Å². The van der Waals surface area contributed by atoms with Gasteiger partial charge in [-0.05, 0) is 47.6 Å². The van der Waals surface area contributed by atoms with Crippen LogP contribution in [0.1, 0.15) is 52.7 Å². The van der Waals surface area contributed by atoms with Crippen molar-refractivity contribution in [2.75, 3.05) is 7.11 Å². The first-order valence-corrected chi connectivity index (χ1v) is 8.62. The number of halogens is 1. The van der Waals surface area contributed by atoms with Gasteiger partial charge in [-0.25, -0.2) is 18.9 Å². The Morgan fingerprint density at radius 3 is 1.96 bits per heavy atom. The van der Waals surface area contributed by atoms with Gasteiger partial charge < -0.3 is 20.0 Å². The molecule has 156 valence electrons. The van der Waals surface area contributed by atoms with Gasteiger partial charge in [-0.15, -0.1) is 0 Å². The lowest BCUT2D eigenvalue weighted by molar-refractivity contribution is -0.000388. The van der Waals surface area contributed by atoms with E-state index in [0.29, 0.717) is 10.5 Å². The van der Waals surface area contributed by atoms with Crippen LogP contribution < -0.4 is 5.73 Å². The quantitative estimate of drug-likeness (QED) is 0.471. The normalized spacial score (nSPS) is 12.4. The molecule has 28 heavy (non-hydrogen) atoms. The molecular weight excluding hydrogens is 369 g/mol. The zero-order valence-electron chi connectivity index (χ0n) is 17.3.